The summed E-state index contributed by atoms with van der Waals surface area (Å²) in [6, 6.07) is 2.83. The molecule has 2 amide bonds. The number of nitrogens with zero attached hydrogens (tertiary/aromatic N) is 1. The Bertz CT molecular complexity index is 506. The number of hydrogen-bond donors (Lipinski definition) is 3. The van der Waals surface area contributed by atoms with Gasteiger partial charge in [0.15, 0.2) is 0 Å². The van der Waals surface area contributed by atoms with Gasteiger partial charge in [-0.05, 0) is 39.2 Å². The van der Waals surface area contributed by atoms with Crippen molar-refractivity contribution in [2.45, 2.75) is 13.0 Å². The van der Waals surface area contributed by atoms with Gasteiger partial charge in [0.25, 0.3) is 0 Å². The molecule has 1 aromatic rings. The van der Waals surface area contributed by atoms with Crippen molar-refractivity contribution in [2.75, 3.05) is 26.0 Å². The van der Waals surface area contributed by atoms with E-state index in [1.54, 1.807) is 0 Å². The van der Waals surface area contributed by atoms with Gasteiger partial charge in [-0.25, -0.2) is 14.0 Å². The zero-order valence-corrected chi connectivity index (χ0v) is 11.6. The molecule has 0 aliphatic heterocycles. The predicted octanol–water partition coefficient (Wildman–Crippen LogP) is 1.60. The zero-order chi connectivity index (χ0) is 15.3. The molecular formula is C13H18FN3O3. The third-order valence-corrected chi connectivity index (χ3v) is 2.47. The summed E-state index contributed by atoms with van der Waals surface area (Å²) >= 11 is 0. The first-order valence-electron chi connectivity index (χ1n) is 6.04. The van der Waals surface area contributed by atoms with Crippen molar-refractivity contribution in [3.8, 4) is 0 Å². The number of carbonyl (C=O) groups is 2. The first-order valence-corrected chi connectivity index (χ1v) is 6.04. The summed E-state index contributed by atoms with van der Waals surface area (Å²) in [5.74, 6) is -2.23. The monoisotopic (exact) mass is 283 g/mol. The summed E-state index contributed by atoms with van der Waals surface area (Å²) in [4.78, 5) is 24.4. The molecule has 1 atom stereocenters. The molecule has 0 aromatic heterocycles. The van der Waals surface area contributed by atoms with Crippen LogP contribution in [0.15, 0.2) is 18.2 Å². The quantitative estimate of drug-likeness (QED) is 0.766. The van der Waals surface area contributed by atoms with E-state index in [0.717, 1.165) is 12.1 Å². The highest BCUT2D eigenvalue weighted by atomic mass is 19.1. The van der Waals surface area contributed by atoms with Crippen LogP contribution < -0.4 is 10.6 Å². The van der Waals surface area contributed by atoms with Crippen LogP contribution in [0.1, 0.15) is 17.3 Å². The lowest BCUT2D eigenvalue weighted by atomic mass is 10.2. The molecule has 110 valence electrons. The molecule has 0 aliphatic rings. The molecule has 0 aliphatic carbocycles. The standard InChI is InChI=1S/C13H18FN3O3/c1-8(7-17(2)3)15-13(20)16-9-4-5-11(14)10(6-9)12(18)19/h4-6,8H,7H2,1-3H3,(H,18,19)(H2,15,16,20). The van der Waals surface area contributed by atoms with E-state index in [1.165, 1.54) is 6.07 Å². The van der Waals surface area contributed by atoms with Gasteiger partial charge in [0.05, 0.1) is 5.56 Å². The Morgan fingerprint density at radius 2 is 2.05 bits per heavy atom. The number of hydrogen-bond acceptors (Lipinski definition) is 3. The van der Waals surface area contributed by atoms with Crippen LogP contribution in [-0.2, 0) is 0 Å². The van der Waals surface area contributed by atoms with Crippen LogP contribution in [-0.4, -0.2) is 48.7 Å². The number of carbonyl (C=O) groups excluding carboxylic acids is 1. The van der Waals surface area contributed by atoms with E-state index in [9.17, 15) is 14.0 Å². The maximum atomic E-state index is 13.2. The second-order valence-electron chi connectivity index (χ2n) is 4.76. The van der Waals surface area contributed by atoms with Gasteiger partial charge in [-0.2, -0.15) is 0 Å². The Hall–Kier alpha value is -2.15. The van der Waals surface area contributed by atoms with Gasteiger partial charge in [-0.15, -0.1) is 0 Å². The largest absolute Gasteiger partial charge is 0.478 e. The number of carboxylic acids is 1. The van der Waals surface area contributed by atoms with E-state index < -0.39 is 23.4 Å². The number of likely N-dealkylation sites (N-methyl/N-ethyl adjacent to an activating group) is 1. The molecule has 1 aromatic carbocycles. The molecule has 7 heteroatoms. The van der Waals surface area contributed by atoms with Crippen LogP contribution in [0.2, 0.25) is 0 Å². The molecule has 1 rings (SSSR count). The summed E-state index contributed by atoms with van der Waals surface area (Å²) in [5, 5.41) is 14.0. The van der Waals surface area contributed by atoms with Crippen LogP contribution in [0.25, 0.3) is 0 Å². The van der Waals surface area contributed by atoms with Gasteiger partial charge >= 0.3 is 12.0 Å². The van der Waals surface area contributed by atoms with Gasteiger partial charge in [0, 0.05) is 18.3 Å². The number of urea groups is 1. The van der Waals surface area contributed by atoms with Crippen molar-refractivity contribution in [3.63, 3.8) is 0 Å². The summed E-state index contributed by atoms with van der Waals surface area (Å²) in [6.45, 7) is 2.50. The van der Waals surface area contributed by atoms with Crippen LogP contribution in [0.4, 0.5) is 14.9 Å². The number of aromatic carboxylic acids is 1. The Labute approximate surface area is 116 Å². The second kappa shape index (κ2) is 6.85. The second-order valence-corrected chi connectivity index (χ2v) is 4.76. The number of anilines is 1. The minimum Gasteiger partial charge on any atom is -0.478 e. The van der Waals surface area contributed by atoms with Crippen molar-refractivity contribution in [1.82, 2.24) is 10.2 Å². The number of halogens is 1. The SMILES string of the molecule is CC(CN(C)C)NC(=O)Nc1ccc(F)c(C(=O)O)c1. The number of amides is 2. The van der Waals surface area contributed by atoms with Crippen molar-refractivity contribution in [2.24, 2.45) is 0 Å². The predicted molar refractivity (Wildman–Crippen MR) is 73.5 cm³/mol. The highest BCUT2D eigenvalue weighted by Gasteiger charge is 2.13. The Kier molecular flexibility index (Phi) is 5.45. The Morgan fingerprint density at radius 3 is 2.60 bits per heavy atom. The van der Waals surface area contributed by atoms with E-state index in [-0.39, 0.29) is 11.7 Å². The van der Waals surface area contributed by atoms with Gasteiger partial charge < -0.3 is 20.6 Å². The smallest absolute Gasteiger partial charge is 0.338 e. The van der Waals surface area contributed by atoms with Crippen LogP contribution in [0.3, 0.4) is 0 Å². The van der Waals surface area contributed by atoms with Crippen molar-refractivity contribution in [3.05, 3.63) is 29.6 Å². The third kappa shape index (κ3) is 4.85. The lowest BCUT2D eigenvalue weighted by Gasteiger charge is -2.18. The molecule has 0 saturated heterocycles. The zero-order valence-electron chi connectivity index (χ0n) is 11.6. The average Bonchev–Trinajstić information content (AvgIpc) is 2.29. The first-order chi connectivity index (χ1) is 9.29. The summed E-state index contributed by atoms with van der Waals surface area (Å²) in [5.41, 5.74) is -0.262. The van der Waals surface area contributed by atoms with Gasteiger partial charge in [0.1, 0.15) is 5.82 Å². The fourth-order valence-electron chi connectivity index (χ4n) is 1.75. The summed E-state index contributed by atoms with van der Waals surface area (Å²) < 4.78 is 13.2. The molecule has 6 nitrogen and oxygen atoms in total. The molecule has 1 unspecified atom stereocenters. The lowest BCUT2D eigenvalue weighted by molar-refractivity contribution is 0.0692. The molecule has 0 radical (unpaired) electrons. The van der Waals surface area contributed by atoms with E-state index >= 15 is 0 Å². The van der Waals surface area contributed by atoms with Gasteiger partial charge in [-0.3, -0.25) is 0 Å². The highest BCUT2D eigenvalue weighted by Crippen LogP contribution is 2.14. The third-order valence-electron chi connectivity index (χ3n) is 2.47. The number of nitrogens with one attached hydrogen (secondary N) is 2. The fourth-order valence-corrected chi connectivity index (χ4v) is 1.75. The van der Waals surface area contributed by atoms with Crippen LogP contribution in [0.5, 0.6) is 0 Å². The highest BCUT2D eigenvalue weighted by molar-refractivity contribution is 5.93. The normalized spacial score (nSPS) is 12.1. The van der Waals surface area contributed by atoms with E-state index in [0.29, 0.717) is 6.54 Å². The molecule has 0 bridgehead atoms. The summed E-state index contributed by atoms with van der Waals surface area (Å²) in [6.07, 6.45) is 0. The minimum atomic E-state index is -1.38. The van der Waals surface area contributed by atoms with E-state index in [2.05, 4.69) is 10.6 Å². The summed E-state index contributed by atoms with van der Waals surface area (Å²) in [7, 11) is 3.77. The molecule has 0 fully saturated rings. The fraction of sp³-hybridized carbons (Fsp3) is 0.385. The van der Waals surface area contributed by atoms with E-state index in [4.69, 9.17) is 5.11 Å². The van der Waals surface area contributed by atoms with Crippen molar-refractivity contribution < 1.29 is 19.1 Å². The molecule has 0 heterocycles. The Morgan fingerprint density at radius 1 is 1.40 bits per heavy atom. The number of benzene rings is 1. The van der Waals surface area contributed by atoms with Gasteiger partial charge in [-0.1, -0.05) is 0 Å². The Balaban J connectivity index is 2.67. The topological polar surface area (TPSA) is 81.7 Å². The maximum absolute atomic E-state index is 13.2. The van der Waals surface area contributed by atoms with E-state index in [1.807, 2.05) is 25.9 Å². The average molecular weight is 283 g/mol. The molecular weight excluding hydrogens is 265 g/mol. The first kappa shape index (κ1) is 15.9. The number of rotatable bonds is 5. The maximum Gasteiger partial charge on any atom is 0.338 e. The number of carboxylic acid groups (broad SMARTS) is 1. The minimum absolute atomic E-state index is 0.0793. The molecule has 0 spiro atoms. The molecule has 3 N–H and O–H groups in total. The van der Waals surface area contributed by atoms with Crippen LogP contribution >= 0.6 is 0 Å². The molecule has 0 saturated carbocycles. The van der Waals surface area contributed by atoms with Crippen molar-refractivity contribution in [1.29, 1.82) is 0 Å². The molecule has 20 heavy (non-hydrogen) atoms. The van der Waals surface area contributed by atoms with Gasteiger partial charge in [0.2, 0.25) is 0 Å². The van der Waals surface area contributed by atoms with Crippen molar-refractivity contribution >= 4 is 17.7 Å². The lowest BCUT2D eigenvalue weighted by Crippen LogP contribution is -2.41. The van der Waals surface area contributed by atoms with Crippen LogP contribution in [0, 0.1) is 5.82 Å².